The summed E-state index contributed by atoms with van der Waals surface area (Å²) in [6.45, 7) is 1.90. The van der Waals surface area contributed by atoms with Crippen LogP contribution in [0.5, 0.6) is 0 Å². The van der Waals surface area contributed by atoms with Crippen LogP contribution in [0.4, 0.5) is 0 Å². The first-order chi connectivity index (χ1) is 9.57. The highest BCUT2D eigenvalue weighted by Crippen LogP contribution is 2.39. The van der Waals surface area contributed by atoms with Gasteiger partial charge in [-0.1, -0.05) is 60.7 Å². The van der Waals surface area contributed by atoms with Gasteiger partial charge in [0.2, 0.25) is 0 Å². The maximum Gasteiger partial charge on any atom is 0.268 e. The number of aryl methyl sites for hydroxylation is 1. The zero-order valence-electron chi connectivity index (χ0n) is 11.6. The molecule has 0 aliphatic heterocycles. The van der Waals surface area contributed by atoms with Crippen molar-refractivity contribution < 1.29 is 9.46 Å². The summed E-state index contributed by atoms with van der Waals surface area (Å²) < 4.78 is 12.2. The fourth-order valence-electron chi connectivity index (χ4n) is 2.11. The largest absolute Gasteiger partial charge is 0.333 e. The molecule has 0 saturated heterocycles. The van der Waals surface area contributed by atoms with Gasteiger partial charge in [0, 0.05) is 12.2 Å². The summed E-state index contributed by atoms with van der Waals surface area (Å²) in [5.41, 5.74) is 2.09. The van der Waals surface area contributed by atoms with E-state index in [1.54, 1.807) is 0 Å². The first-order valence-corrected chi connectivity index (χ1v) is 8.60. The van der Waals surface area contributed by atoms with E-state index < -0.39 is 7.52 Å². The van der Waals surface area contributed by atoms with Crippen molar-refractivity contribution in [2.75, 3.05) is 6.16 Å². The molecule has 4 heteroatoms. The molecule has 2 aromatic carbocycles. The summed E-state index contributed by atoms with van der Waals surface area (Å²) in [6.07, 6.45) is 0.845. The highest BCUT2D eigenvalue weighted by Gasteiger charge is 2.21. The SMILES string of the molecule is CC(NP(=O)(O)CCc1ccccc1)c1ccccc1. The lowest BCUT2D eigenvalue weighted by molar-refractivity contribution is 0.452. The van der Waals surface area contributed by atoms with Crippen LogP contribution in [0.25, 0.3) is 0 Å². The smallest absolute Gasteiger partial charge is 0.268 e. The maximum atomic E-state index is 12.2. The van der Waals surface area contributed by atoms with Gasteiger partial charge in [-0.05, 0) is 24.5 Å². The molecule has 20 heavy (non-hydrogen) atoms. The summed E-state index contributed by atoms with van der Waals surface area (Å²) in [5, 5.41) is 2.85. The zero-order valence-corrected chi connectivity index (χ0v) is 12.5. The van der Waals surface area contributed by atoms with Crippen molar-refractivity contribution in [2.45, 2.75) is 19.4 Å². The van der Waals surface area contributed by atoms with E-state index >= 15 is 0 Å². The van der Waals surface area contributed by atoms with Crippen LogP contribution in [0.2, 0.25) is 0 Å². The Labute approximate surface area is 120 Å². The molecular weight excluding hydrogens is 269 g/mol. The van der Waals surface area contributed by atoms with Crippen LogP contribution in [0.15, 0.2) is 60.7 Å². The van der Waals surface area contributed by atoms with E-state index in [-0.39, 0.29) is 12.2 Å². The summed E-state index contributed by atoms with van der Waals surface area (Å²) >= 11 is 0. The fraction of sp³-hybridized carbons (Fsp3) is 0.250. The molecule has 0 radical (unpaired) electrons. The van der Waals surface area contributed by atoms with Crippen LogP contribution in [0.3, 0.4) is 0 Å². The normalized spacial score (nSPS) is 15.5. The monoisotopic (exact) mass is 289 g/mol. The van der Waals surface area contributed by atoms with E-state index in [2.05, 4.69) is 5.09 Å². The minimum absolute atomic E-state index is 0.136. The van der Waals surface area contributed by atoms with Gasteiger partial charge >= 0.3 is 0 Å². The number of nitrogens with one attached hydrogen (secondary N) is 1. The van der Waals surface area contributed by atoms with Gasteiger partial charge in [0.05, 0.1) is 0 Å². The minimum atomic E-state index is -3.33. The Kier molecular flexibility index (Phi) is 5.13. The molecule has 2 aromatic rings. The van der Waals surface area contributed by atoms with Crippen molar-refractivity contribution in [1.82, 2.24) is 5.09 Å². The molecule has 2 atom stereocenters. The number of hydrogen-bond acceptors (Lipinski definition) is 1. The predicted molar refractivity (Wildman–Crippen MR) is 82.8 cm³/mol. The summed E-state index contributed by atoms with van der Waals surface area (Å²) in [4.78, 5) is 10.1. The molecule has 2 unspecified atom stereocenters. The van der Waals surface area contributed by atoms with Gasteiger partial charge in [-0.25, -0.2) is 5.09 Å². The van der Waals surface area contributed by atoms with Crippen molar-refractivity contribution in [3.63, 3.8) is 0 Å². The molecule has 0 aliphatic carbocycles. The molecular formula is C16H20NO2P. The lowest BCUT2D eigenvalue weighted by Gasteiger charge is -2.19. The fourth-order valence-corrected chi connectivity index (χ4v) is 3.55. The Morgan fingerprint density at radius 2 is 1.60 bits per heavy atom. The molecule has 106 valence electrons. The maximum absolute atomic E-state index is 12.2. The molecule has 0 heterocycles. The number of rotatable bonds is 6. The highest BCUT2D eigenvalue weighted by molar-refractivity contribution is 7.55. The quantitative estimate of drug-likeness (QED) is 0.796. The standard InChI is InChI=1S/C16H20NO2P/c1-14(16-10-6-3-7-11-16)17-20(18,19)13-12-15-8-4-2-5-9-15/h2-11,14H,12-13H2,1H3,(H2,17,18,19). The summed E-state index contributed by atoms with van der Waals surface area (Å²) in [6, 6.07) is 19.3. The van der Waals surface area contributed by atoms with Crippen molar-refractivity contribution in [2.24, 2.45) is 0 Å². The zero-order chi connectivity index (χ0) is 14.4. The van der Waals surface area contributed by atoms with Gasteiger partial charge in [-0.2, -0.15) is 0 Å². The Hall–Kier alpha value is -1.41. The second-order valence-electron chi connectivity index (χ2n) is 4.92. The Morgan fingerprint density at radius 3 is 2.20 bits per heavy atom. The van der Waals surface area contributed by atoms with Gasteiger partial charge in [0.1, 0.15) is 0 Å². The third-order valence-electron chi connectivity index (χ3n) is 3.24. The van der Waals surface area contributed by atoms with E-state index in [9.17, 15) is 9.46 Å². The molecule has 3 nitrogen and oxygen atoms in total. The second kappa shape index (κ2) is 6.85. The van der Waals surface area contributed by atoms with Gasteiger partial charge < -0.3 is 4.89 Å². The average molecular weight is 289 g/mol. The van der Waals surface area contributed by atoms with E-state index in [1.165, 1.54) is 0 Å². The van der Waals surface area contributed by atoms with Crippen molar-refractivity contribution in [3.05, 3.63) is 71.8 Å². The molecule has 0 fully saturated rings. The summed E-state index contributed by atoms with van der Waals surface area (Å²) in [5.74, 6) is 0. The molecule has 0 aromatic heterocycles. The van der Waals surface area contributed by atoms with Crippen molar-refractivity contribution in [3.8, 4) is 0 Å². The van der Waals surface area contributed by atoms with E-state index in [0.29, 0.717) is 6.42 Å². The molecule has 0 aliphatic rings. The average Bonchev–Trinajstić information content (AvgIpc) is 2.47. The van der Waals surface area contributed by atoms with Gasteiger partial charge in [0.15, 0.2) is 0 Å². The minimum Gasteiger partial charge on any atom is -0.333 e. The van der Waals surface area contributed by atoms with Crippen LogP contribution >= 0.6 is 7.52 Å². The number of hydrogen-bond donors (Lipinski definition) is 2. The molecule has 2 N–H and O–H groups in total. The topological polar surface area (TPSA) is 49.3 Å². The van der Waals surface area contributed by atoms with Crippen LogP contribution < -0.4 is 5.09 Å². The lowest BCUT2D eigenvalue weighted by Crippen LogP contribution is -2.17. The van der Waals surface area contributed by atoms with Crippen molar-refractivity contribution >= 4 is 7.52 Å². The highest BCUT2D eigenvalue weighted by atomic mass is 31.2. The molecule has 0 amide bonds. The Morgan fingerprint density at radius 1 is 1.05 bits per heavy atom. The second-order valence-corrected chi connectivity index (χ2v) is 7.03. The first-order valence-electron chi connectivity index (χ1n) is 6.75. The Bertz CT molecular complexity index is 572. The predicted octanol–water partition coefficient (Wildman–Crippen LogP) is 3.77. The third kappa shape index (κ3) is 4.61. The lowest BCUT2D eigenvalue weighted by atomic mass is 10.1. The third-order valence-corrected chi connectivity index (χ3v) is 4.86. The van der Waals surface area contributed by atoms with E-state index in [4.69, 9.17) is 0 Å². The number of benzene rings is 2. The van der Waals surface area contributed by atoms with Gasteiger partial charge in [-0.15, -0.1) is 0 Å². The van der Waals surface area contributed by atoms with E-state index in [1.807, 2.05) is 67.6 Å². The van der Waals surface area contributed by atoms with Crippen LogP contribution in [-0.2, 0) is 11.0 Å². The Balaban J connectivity index is 1.92. The van der Waals surface area contributed by atoms with Crippen molar-refractivity contribution in [1.29, 1.82) is 0 Å². The molecule has 0 bridgehead atoms. The molecule has 0 spiro atoms. The summed E-state index contributed by atoms with van der Waals surface area (Å²) in [7, 11) is -3.33. The molecule has 0 saturated carbocycles. The molecule has 2 rings (SSSR count). The van der Waals surface area contributed by atoms with Gasteiger partial charge in [0.25, 0.3) is 7.52 Å². The van der Waals surface area contributed by atoms with Crippen LogP contribution in [0, 0.1) is 0 Å². The van der Waals surface area contributed by atoms with Gasteiger partial charge in [-0.3, -0.25) is 4.57 Å². The van der Waals surface area contributed by atoms with Crippen LogP contribution in [0.1, 0.15) is 24.1 Å². The van der Waals surface area contributed by atoms with E-state index in [0.717, 1.165) is 11.1 Å². The first kappa shape index (κ1) is 15.0. The van der Waals surface area contributed by atoms with Crippen LogP contribution in [-0.4, -0.2) is 11.1 Å².